The summed E-state index contributed by atoms with van der Waals surface area (Å²) in [6.07, 6.45) is 13.1. The Bertz CT molecular complexity index is 788. The highest BCUT2D eigenvalue weighted by Crippen LogP contribution is 2.17. The van der Waals surface area contributed by atoms with Crippen molar-refractivity contribution in [2.45, 2.75) is 77.7 Å². The second-order valence-electron chi connectivity index (χ2n) is 9.74. The fraction of sp³-hybridized carbons (Fsp3) is 0.552. The van der Waals surface area contributed by atoms with Crippen LogP contribution in [0.15, 0.2) is 54.6 Å². The van der Waals surface area contributed by atoms with Gasteiger partial charge in [-0.3, -0.25) is 0 Å². The van der Waals surface area contributed by atoms with Crippen molar-refractivity contribution >= 4 is 5.97 Å². The molecule has 0 bridgehead atoms. The van der Waals surface area contributed by atoms with Crippen LogP contribution < -0.4 is 4.74 Å². The van der Waals surface area contributed by atoms with E-state index in [0.29, 0.717) is 11.0 Å². The van der Waals surface area contributed by atoms with Gasteiger partial charge in [-0.15, -0.1) is 0 Å². The maximum Gasteiger partial charge on any atom is 0.364 e. The normalized spacial score (nSPS) is 11.4. The molecule has 0 N–H and O–H groups in total. The molecule has 0 atom stereocenters. The van der Waals surface area contributed by atoms with Gasteiger partial charge in [0.2, 0.25) is 6.79 Å². The van der Waals surface area contributed by atoms with Crippen molar-refractivity contribution < 1.29 is 18.8 Å². The third-order valence-electron chi connectivity index (χ3n) is 5.92. The van der Waals surface area contributed by atoms with Gasteiger partial charge in [0.25, 0.3) is 0 Å². The van der Waals surface area contributed by atoms with Gasteiger partial charge in [0, 0.05) is 5.56 Å². The van der Waals surface area contributed by atoms with Gasteiger partial charge in [0.15, 0.2) is 6.54 Å². The first-order chi connectivity index (χ1) is 16.0. The Morgan fingerprint density at radius 3 is 2.12 bits per heavy atom. The van der Waals surface area contributed by atoms with E-state index in [1.54, 1.807) is 0 Å². The van der Waals surface area contributed by atoms with Crippen molar-refractivity contribution in [2.75, 3.05) is 27.4 Å². The summed E-state index contributed by atoms with van der Waals surface area (Å²) in [5.41, 5.74) is 2.48. The molecule has 0 aliphatic rings. The first-order valence-electron chi connectivity index (χ1n) is 12.7. The molecule has 182 valence electrons. The molecule has 4 heteroatoms. The monoisotopic (exact) mass is 454 g/mol. The molecule has 0 radical (unpaired) electrons. The van der Waals surface area contributed by atoms with Crippen LogP contribution in [0.2, 0.25) is 0 Å². The Morgan fingerprint density at radius 2 is 1.42 bits per heavy atom. The number of ether oxygens (including phenoxy) is 2. The van der Waals surface area contributed by atoms with Gasteiger partial charge in [-0.05, 0) is 30.5 Å². The molecule has 0 fully saturated rings. The minimum absolute atomic E-state index is 0.0499. The lowest BCUT2D eigenvalue weighted by Crippen LogP contribution is -2.43. The molecule has 0 aromatic heterocycles. The molecule has 0 spiro atoms. The zero-order chi connectivity index (χ0) is 23.8. The molecule has 2 aromatic rings. The summed E-state index contributed by atoms with van der Waals surface area (Å²) in [6, 6.07) is 18.3. The van der Waals surface area contributed by atoms with E-state index < -0.39 is 0 Å². The predicted octanol–water partition coefficient (Wildman–Crippen LogP) is 6.92. The summed E-state index contributed by atoms with van der Waals surface area (Å²) >= 11 is 0. The molecule has 0 aliphatic heterocycles. The summed E-state index contributed by atoms with van der Waals surface area (Å²) in [6.45, 7) is 3.29. The molecular weight excluding hydrogens is 410 g/mol. The maximum atomic E-state index is 12.3. The van der Waals surface area contributed by atoms with Gasteiger partial charge >= 0.3 is 5.97 Å². The molecule has 2 rings (SSSR count). The average Bonchev–Trinajstić information content (AvgIpc) is 2.78. The quantitative estimate of drug-likeness (QED) is 0.113. The first kappa shape index (κ1) is 26.9. The van der Waals surface area contributed by atoms with E-state index in [1.807, 2.05) is 44.4 Å². The van der Waals surface area contributed by atoms with E-state index in [1.165, 1.54) is 68.9 Å². The second-order valence-corrected chi connectivity index (χ2v) is 9.74. The second kappa shape index (κ2) is 15.5. The minimum atomic E-state index is -0.248. The Kier molecular flexibility index (Phi) is 12.6. The van der Waals surface area contributed by atoms with Gasteiger partial charge in [0.05, 0.1) is 14.1 Å². The van der Waals surface area contributed by atoms with E-state index in [-0.39, 0.29) is 12.8 Å². The van der Waals surface area contributed by atoms with Crippen molar-refractivity contribution in [1.29, 1.82) is 0 Å². The van der Waals surface area contributed by atoms with Gasteiger partial charge in [-0.2, -0.15) is 0 Å². The van der Waals surface area contributed by atoms with Crippen LogP contribution in [-0.4, -0.2) is 37.9 Å². The summed E-state index contributed by atoms with van der Waals surface area (Å²) in [4.78, 5) is 12.3. The molecule has 0 saturated heterocycles. The number of esters is 1. The Hall–Kier alpha value is -2.33. The van der Waals surface area contributed by atoms with Gasteiger partial charge < -0.3 is 14.0 Å². The number of nitrogens with zero attached hydrogens (tertiary/aromatic N) is 1. The van der Waals surface area contributed by atoms with E-state index in [2.05, 4.69) is 31.2 Å². The van der Waals surface area contributed by atoms with Crippen molar-refractivity contribution in [3.8, 4) is 5.75 Å². The standard InChI is InChI=1S/C29H44NO3/c1-4-5-6-7-8-9-10-11-13-17-26-20-16-21-28(22-26)32-25-33-29(31)24-30(2,3)23-27-18-14-12-15-19-27/h12,14-16,18-22H,4-11,13,17,23-25H2,1-3H3/q+1. The van der Waals surface area contributed by atoms with E-state index in [4.69, 9.17) is 9.47 Å². The van der Waals surface area contributed by atoms with E-state index in [0.717, 1.165) is 18.7 Å². The lowest BCUT2D eigenvalue weighted by molar-refractivity contribution is -0.896. The molecular formula is C29H44NO3+. The van der Waals surface area contributed by atoms with Gasteiger partial charge in [-0.1, -0.05) is 101 Å². The molecule has 0 amide bonds. The lowest BCUT2D eigenvalue weighted by atomic mass is 10.0. The van der Waals surface area contributed by atoms with Crippen LogP contribution in [0.5, 0.6) is 5.75 Å². The number of benzene rings is 2. The van der Waals surface area contributed by atoms with E-state index in [9.17, 15) is 4.79 Å². The van der Waals surface area contributed by atoms with Crippen molar-refractivity contribution in [3.63, 3.8) is 0 Å². The molecule has 0 aliphatic carbocycles. The topological polar surface area (TPSA) is 35.5 Å². The summed E-state index contributed by atoms with van der Waals surface area (Å²) in [5.74, 6) is 0.510. The molecule has 4 nitrogen and oxygen atoms in total. The highest BCUT2D eigenvalue weighted by Gasteiger charge is 2.21. The zero-order valence-electron chi connectivity index (χ0n) is 21.1. The number of likely N-dealkylation sites (N-methyl/N-ethyl adjacent to an activating group) is 1. The summed E-state index contributed by atoms with van der Waals surface area (Å²) in [5, 5.41) is 0. The van der Waals surface area contributed by atoms with Crippen LogP contribution in [0.1, 0.15) is 75.8 Å². The molecule has 2 aromatic carbocycles. The van der Waals surface area contributed by atoms with Crippen LogP contribution in [0.3, 0.4) is 0 Å². The highest BCUT2D eigenvalue weighted by atomic mass is 16.7. The fourth-order valence-corrected chi connectivity index (χ4v) is 4.12. The van der Waals surface area contributed by atoms with Gasteiger partial charge in [-0.25, -0.2) is 4.79 Å². The Morgan fingerprint density at radius 1 is 0.788 bits per heavy atom. The predicted molar refractivity (Wildman–Crippen MR) is 136 cm³/mol. The minimum Gasteiger partial charge on any atom is -0.457 e. The van der Waals surface area contributed by atoms with E-state index >= 15 is 0 Å². The number of rotatable bonds is 17. The third kappa shape index (κ3) is 12.5. The van der Waals surface area contributed by atoms with Gasteiger partial charge in [0.1, 0.15) is 12.3 Å². The first-order valence-corrected chi connectivity index (χ1v) is 12.7. The molecule has 0 heterocycles. The number of quaternary nitrogens is 1. The zero-order valence-corrected chi connectivity index (χ0v) is 21.1. The maximum absolute atomic E-state index is 12.3. The lowest BCUT2D eigenvalue weighted by Gasteiger charge is -2.28. The largest absolute Gasteiger partial charge is 0.457 e. The highest BCUT2D eigenvalue weighted by molar-refractivity contribution is 5.70. The number of unbranched alkanes of at least 4 members (excludes halogenated alkanes) is 8. The number of hydrogen-bond donors (Lipinski definition) is 0. The molecule has 0 unspecified atom stereocenters. The number of carbonyl (C=O) groups excluding carboxylic acids is 1. The number of carbonyl (C=O) groups is 1. The fourth-order valence-electron chi connectivity index (χ4n) is 4.12. The van der Waals surface area contributed by atoms with Crippen LogP contribution in [0.4, 0.5) is 0 Å². The van der Waals surface area contributed by atoms with Crippen LogP contribution in [0.25, 0.3) is 0 Å². The van der Waals surface area contributed by atoms with Crippen molar-refractivity contribution in [1.82, 2.24) is 0 Å². The number of hydrogen-bond acceptors (Lipinski definition) is 3. The SMILES string of the molecule is CCCCCCCCCCCc1cccc(OCOC(=O)C[N+](C)(C)Cc2ccccc2)c1. The third-order valence-corrected chi connectivity index (χ3v) is 5.92. The summed E-state index contributed by atoms with van der Waals surface area (Å²) in [7, 11) is 4.07. The Balaban J connectivity index is 1.61. The van der Waals surface area contributed by atoms with Crippen LogP contribution >= 0.6 is 0 Å². The Labute approximate surface area is 201 Å². The average molecular weight is 455 g/mol. The van der Waals surface area contributed by atoms with Crippen LogP contribution in [0, 0.1) is 0 Å². The van der Waals surface area contributed by atoms with Crippen LogP contribution in [-0.2, 0) is 22.5 Å². The summed E-state index contributed by atoms with van der Waals surface area (Å²) < 4.78 is 11.6. The van der Waals surface area contributed by atoms with Crippen molar-refractivity contribution in [2.24, 2.45) is 0 Å². The number of aryl methyl sites for hydroxylation is 1. The molecule has 33 heavy (non-hydrogen) atoms. The smallest absolute Gasteiger partial charge is 0.364 e. The van der Waals surface area contributed by atoms with Crippen molar-refractivity contribution in [3.05, 3.63) is 65.7 Å². The molecule has 0 saturated carbocycles.